The predicted molar refractivity (Wildman–Crippen MR) is 147 cm³/mol. The number of ether oxygens (including phenoxy) is 1. The summed E-state index contributed by atoms with van der Waals surface area (Å²) in [5, 5.41) is 11.0. The Balaban J connectivity index is 1.25. The van der Waals surface area contributed by atoms with Gasteiger partial charge in [0.1, 0.15) is 16.9 Å². The normalized spacial score (nSPS) is 31.8. The zero-order valence-corrected chi connectivity index (χ0v) is 23.7. The molecule has 2 spiro atoms. The van der Waals surface area contributed by atoms with Crippen molar-refractivity contribution in [2.24, 2.45) is 22.1 Å². The molecule has 5 fully saturated rings. The molecule has 0 aromatic carbocycles. The van der Waals surface area contributed by atoms with Gasteiger partial charge in [0.05, 0.1) is 19.8 Å². The number of carbonyl (C=O) groups is 2. The van der Waals surface area contributed by atoms with E-state index in [1.54, 1.807) is 0 Å². The van der Waals surface area contributed by atoms with Gasteiger partial charge in [-0.3, -0.25) is 28.6 Å². The topological polar surface area (TPSA) is 152 Å². The molecule has 3 N–H and O–H groups in total. The lowest BCUT2D eigenvalue weighted by Crippen LogP contribution is -2.67. The molecule has 224 valence electrons. The first-order chi connectivity index (χ1) is 19.4. The van der Waals surface area contributed by atoms with Crippen molar-refractivity contribution in [1.29, 1.82) is 0 Å². The molecular formula is C28H39FN6O6. The van der Waals surface area contributed by atoms with Crippen LogP contribution in [-0.2, 0) is 16.1 Å². The van der Waals surface area contributed by atoms with E-state index >= 15 is 0 Å². The van der Waals surface area contributed by atoms with Gasteiger partial charge in [0.2, 0.25) is 5.88 Å². The van der Waals surface area contributed by atoms with Gasteiger partial charge in [-0.25, -0.2) is 14.0 Å². The summed E-state index contributed by atoms with van der Waals surface area (Å²) in [6.07, 6.45) is 7.21. The van der Waals surface area contributed by atoms with Crippen molar-refractivity contribution in [2.75, 3.05) is 33.9 Å². The Bertz CT molecular complexity index is 1410. The van der Waals surface area contributed by atoms with Crippen molar-refractivity contribution in [1.82, 2.24) is 18.9 Å². The summed E-state index contributed by atoms with van der Waals surface area (Å²) in [5.74, 6) is -0.621. The second-order valence-electron chi connectivity index (χ2n) is 13.0. The van der Waals surface area contributed by atoms with Gasteiger partial charge in [-0.1, -0.05) is 12.8 Å². The van der Waals surface area contributed by atoms with E-state index in [4.69, 9.17) is 10.5 Å². The number of imide groups is 1. The minimum absolute atomic E-state index is 0.0908. The Kier molecular flexibility index (Phi) is 6.59. The molecule has 1 aromatic rings. The lowest BCUT2D eigenvalue weighted by molar-refractivity contribution is -0.167. The Morgan fingerprint density at radius 2 is 1.73 bits per heavy atom. The average Bonchev–Trinajstić information content (AvgIpc) is 3.49. The molecule has 0 atom stereocenters. The maximum Gasteiger partial charge on any atom is 0.334 e. The van der Waals surface area contributed by atoms with E-state index in [9.17, 15) is 28.7 Å². The van der Waals surface area contributed by atoms with Crippen LogP contribution < -0.4 is 17.0 Å². The summed E-state index contributed by atoms with van der Waals surface area (Å²) in [6.45, 7) is -0.0407. The number of rotatable bonds is 6. The SMILES string of the molecule is CN=C(N)c1c(O)n(CC2CCCC2)c(=O)n(C2CCC3(CC2)CC2(C3)C(=O)N(C)C(=O)N2CC2(F)COC2)c1=O. The van der Waals surface area contributed by atoms with E-state index in [2.05, 4.69) is 4.99 Å². The highest BCUT2D eigenvalue weighted by atomic mass is 19.1. The molecule has 6 rings (SSSR count). The van der Waals surface area contributed by atoms with Crippen LogP contribution in [0.15, 0.2) is 14.6 Å². The highest BCUT2D eigenvalue weighted by Crippen LogP contribution is 2.62. The number of halogens is 1. The molecule has 0 unspecified atom stereocenters. The third kappa shape index (κ3) is 4.21. The van der Waals surface area contributed by atoms with Crippen LogP contribution in [-0.4, -0.2) is 86.9 Å². The molecule has 3 amide bonds. The molecule has 2 aliphatic heterocycles. The van der Waals surface area contributed by atoms with E-state index in [-0.39, 0.29) is 48.4 Å². The number of urea groups is 1. The second kappa shape index (κ2) is 9.67. The smallest absolute Gasteiger partial charge is 0.334 e. The predicted octanol–water partition coefficient (Wildman–Crippen LogP) is 1.51. The molecule has 13 heteroatoms. The molecule has 12 nitrogen and oxygen atoms in total. The minimum atomic E-state index is -1.64. The summed E-state index contributed by atoms with van der Waals surface area (Å²) in [7, 11) is 2.87. The fourth-order valence-corrected chi connectivity index (χ4v) is 8.09. The van der Waals surface area contributed by atoms with Gasteiger partial charge in [-0.2, -0.15) is 0 Å². The number of nitrogens with two attached hydrogens (primary N) is 1. The third-order valence-electron chi connectivity index (χ3n) is 10.4. The van der Waals surface area contributed by atoms with Gasteiger partial charge >= 0.3 is 11.7 Å². The Morgan fingerprint density at radius 1 is 1.10 bits per heavy atom. The Morgan fingerprint density at radius 3 is 2.29 bits per heavy atom. The highest BCUT2D eigenvalue weighted by molar-refractivity contribution is 6.07. The number of carbonyl (C=O) groups excluding carboxylic acids is 2. The van der Waals surface area contributed by atoms with Crippen LogP contribution in [0.25, 0.3) is 0 Å². The lowest BCUT2D eigenvalue weighted by atomic mass is 9.51. The van der Waals surface area contributed by atoms with Crippen molar-refractivity contribution in [3.63, 3.8) is 0 Å². The van der Waals surface area contributed by atoms with E-state index in [0.29, 0.717) is 45.1 Å². The van der Waals surface area contributed by atoms with Gasteiger partial charge in [0.25, 0.3) is 11.5 Å². The average molecular weight is 575 g/mol. The number of amidine groups is 1. The van der Waals surface area contributed by atoms with Gasteiger partial charge in [-0.05, 0) is 62.7 Å². The Hall–Kier alpha value is -3.22. The number of nitrogens with zero attached hydrogens (tertiary/aromatic N) is 5. The number of amides is 3. The Labute approximate surface area is 236 Å². The zero-order chi connectivity index (χ0) is 29.3. The van der Waals surface area contributed by atoms with Gasteiger partial charge < -0.3 is 20.5 Å². The van der Waals surface area contributed by atoms with Crippen molar-refractivity contribution >= 4 is 17.8 Å². The summed E-state index contributed by atoms with van der Waals surface area (Å²) in [6, 6.07) is -0.888. The largest absolute Gasteiger partial charge is 0.494 e. The summed E-state index contributed by atoms with van der Waals surface area (Å²) in [5.41, 5.74) is 1.74. The van der Waals surface area contributed by atoms with E-state index in [1.165, 1.54) is 28.1 Å². The number of alkyl halides is 1. The van der Waals surface area contributed by atoms with Crippen LogP contribution in [0.3, 0.4) is 0 Å². The van der Waals surface area contributed by atoms with Gasteiger partial charge in [0.15, 0.2) is 5.67 Å². The second-order valence-corrected chi connectivity index (χ2v) is 13.0. The zero-order valence-electron chi connectivity index (χ0n) is 23.7. The minimum Gasteiger partial charge on any atom is -0.494 e. The van der Waals surface area contributed by atoms with Crippen molar-refractivity contribution in [2.45, 2.75) is 88.0 Å². The molecule has 1 aromatic heterocycles. The molecule has 41 heavy (non-hydrogen) atoms. The summed E-state index contributed by atoms with van der Waals surface area (Å²) in [4.78, 5) is 59.8. The highest BCUT2D eigenvalue weighted by Gasteiger charge is 2.69. The first kappa shape index (κ1) is 27.9. The fraction of sp³-hybridized carbons (Fsp3) is 0.750. The van der Waals surface area contributed by atoms with Crippen molar-refractivity contribution < 1.29 is 23.8 Å². The van der Waals surface area contributed by atoms with E-state index < -0.39 is 40.4 Å². The quantitative estimate of drug-likeness (QED) is 0.297. The maximum atomic E-state index is 15.0. The number of hydrogen-bond donors (Lipinski definition) is 2. The number of hydrogen-bond acceptors (Lipinski definition) is 7. The standard InChI is InChI=1S/C28H39FN6O6/c1-31-20(30)19-21(36)33(11-17-5-3-4-6-17)25(40)35(22(19)37)18-7-9-26(10-8-18)12-28(13-26)23(38)32(2)24(39)34(28)14-27(29)15-41-16-27/h17-18,36H,3-16H2,1-2H3,(H2,30,31). The molecule has 3 heterocycles. The van der Waals surface area contributed by atoms with Crippen LogP contribution in [0.2, 0.25) is 0 Å². The maximum absolute atomic E-state index is 15.0. The monoisotopic (exact) mass is 574 g/mol. The molecule has 0 radical (unpaired) electrons. The molecule has 3 aliphatic carbocycles. The summed E-state index contributed by atoms with van der Waals surface area (Å²) >= 11 is 0. The van der Waals surface area contributed by atoms with Crippen LogP contribution in [0.5, 0.6) is 5.88 Å². The van der Waals surface area contributed by atoms with Gasteiger partial charge in [-0.15, -0.1) is 0 Å². The first-order valence-electron chi connectivity index (χ1n) is 14.6. The lowest BCUT2D eigenvalue weighted by Gasteiger charge is -2.59. The van der Waals surface area contributed by atoms with E-state index in [1.807, 2.05) is 0 Å². The number of likely N-dealkylation sites (N-methyl/N-ethyl adjacent to an activating group) is 1. The fourth-order valence-electron chi connectivity index (χ4n) is 8.09. The first-order valence-corrected chi connectivity index (χ1v) is 14.6. The van der Waals surface area contributed by atoms with Crippen LogP contribution in [0.1, 0.15) is 75.8 Å². The molecule has 5 aliphatic rings. The number of aromatic hydroxyl groups is 1. The molecule has 2 saturated heterocycles. The summed E-state index contributed by atoms with van der Waals surface area (Å²) < 4.78 is 22.5. The van der Waals surface area contributed by atoms with Crippen molar-refractivity contribution in [3.05, 3.63) is 26.4 Å². The third-order valence-corrected chi connectivity index (χ3v) is 10.4. The van der Waals surface area contributed by atoms with Crippen LogP contribution in [0.4, 0.5) is 9.18 Å². The number of aromatic nitrogens is 2. The van der Waals surface area contributed by atoms with Gasteiger partial charge in [0, 0.05) is 26.7 Å². The van der Waals surface area contributed by atoms with Crippen molar-refractivity contribution in [3.8, 4) is 5.88 Å². The number of aliphatic imine (C=N–C) groups is 1. The van der Waals surface area contributed by atoms with Crippen LogP contribution in [0, 0.1) is 11.3 Å². The van der Waals surface area contributed by atoms with Crippen LogP contribution >= 0.6 is 0 Å². The molecule has 0 bridgehead atoms. The molecule has 3 saturated carbocycles. The molecular weight excluding hydrogens is 535 g/mol. The van der Waals surface area contributed by atoms with E-state index in [0.717, 1.165) is 30.6 Å².